The van der Waals surface area contributed by atoms with Gasteiger partial charge in [-0.15, -0.1) is 0 Å². The zero-order chi connectivity index (χ0) is 38.5. The maximum Gasteiger partial charge on any atom is 0.260 e. The van der Waals surface area contributed by atoms with Crippen LogP contribution in [0, 0.1) is 24.2 Å². The van der Waals surface area contributed by atoms with Crippen LogP contribution < -0.4 is 10.1 Å². The molecule has 14 nitrogen and oxygen atoms in total. The summed E-state index contributed by atoms with van der Waals surface area (Å²) in [5.74, 6) is -3.62. The molecule has 2 saturated heterocycles. The molecule has 288 valence electrons. The van der Waals surface area contributed by atoms with Crippen LogP contribution in [0.5, 0.6) is 11.5 Å². The molecular formula is C41H44N4O10. The lowest BCUT2D eigenvalue weighted by Gasteiger charge is -2.64. The second-order valence-corrected chi connectivity index (χ2v) is 16.9. The highest BCUT2D eigenvalue weighted by atomic mass is 16.7. The molecule has 3 spiro atoms. The number of hydrogen-bond acceptors (Lipinski definition) is 14. The Morgan fingerprint density at radius 2 is 1.80 bits per heavy atom. The molecule has 1 saturated carbocycles. The summed E-state index contributed by atoms with van der Waals surface area (Å²) >= 11 is 0. The molecule has 2 aliphatic carbocycles. The molecule has 8 aliphatic rings. The van der Waals surface area contributed by atoms with Crippen molar-refractivity contribution in [2.45, 2.75) is 88.5 Å². The zero-order valence-electron chi connectivity index (χ0n) is 30.7. The van der Waals surface area contributed by atoms with E-state index in [1.54, 1.807) is 30.1 Å². The quantitative estimate of drug-likeness (QED) is 0.157. The van der Waals surface area contributed by atoms with Crippen molar-refractivity contribution in [1.29, 1.82) is 0 Å². The lowest BCUT2D eigenvalue weighted by molar-refractivity contribution is -0.382. The van der Waals surface area contributed by atoms with E-state index in [0.717, 1.165) is 12.8 Å². The van der Waals surface area contributed by atoms with Crippen LogP contribution in [0.2, 0.25) is 0 Å². The molecule has 0 radical (unpaired) electrons. The predicted octanol–water partition coefficient (Wildman–Crippen LogP) is 2.26. The lowest BCUT2D eigenvalue weighted by atomic mass is 9.66. The number of ketones is 2. The van der Waals surface area contributed by atoms with Gasteiger partial charge in [-0.25, -0.2) is 4.98 Å². The number of nitrogens with zero attached hydrogens (tertiary/aromatic N) is 3. The van der Waals surface area contributed by atoms with Crippen molar-refractivity contribution in [3.63, 3.8) is 0 Å². The SMILES string of the molecule is Cc1cc(O)c2c(c1)C(=O)c1c(c3cc4c(nccc14)NC[C@@H](O)[C@]14CC[C@H](CCN5C1=C1C=C[C@@]6(O3)O[C@@]1([C@@H](O)[C@H](O)[C@H]6O)[C@@H](O)N5CC(C)C)C4)C2=O. The molecule has 2 aromatic carbocycles. The normalized spacial score (nSPS) is 36.1. The number of aryl methyl sites for hydroxylation is 1. The van der Waals surface area contributed by atoms with E-state index < -0.39 is 59.0 Å². The van der Waals surface area contributed by atoms with Crippen molar-refractivity contribution < 1.29 is 49.7 Å². The minimum Gasteiger partial charge on any atom is -0.507 e. The third kappa shape index (κ3) is 4.41. The maximum atomic E-state index is 14.6. The van der Waals surface area contributed by atoms with Gasteiger partial charge >= 0.3 is 0 Å². The van der Waals surface area contributed by atoms with Gasteiger partial charge in [0, 0.05) is 59.0 Å². The largest absolute Gasteiger partial charge is 0.507 e. The first kappa shape index (κ1) is 35.0. The minimum atomic E-state index is -2.33. The Balaban J connectivity index is 1.29. The maximum absolute atomic E-state index is 14.6. The van der Waals surface area contributed by atoms with Crippen molar-refractivity contribution in [3.05, 3.63) is 81.7 Å². The number of benzene rings is 2. The molecule has 55 heavy (non-hydrogen) atoms. The Morgan fingerprint density at radius 3 is 2.58 bits per heavy atom. The van der Waals surface area contributed by atoms with Crippen LogP contribution in [0.1, 0.15) is 76.9 Å². The standard InChI is InChI=1S/C41H44N4O10/c1-18(2)17-45-38(53)41-24-5-9-40(55-41,35(51)33(50)36(41)52)54-26-14-22-21(29-30(26)32(49)28-23(31(29)48)12-19(3)13-25(28)46)6-10-42-37(22)43-16-27(47)39-8-4-20(15-39)7-11-44(45)34(24)39/h5-6,9-10,12-14,18,20,27,33,35-36,38,46-47,50-53H,4,7-8,11,15-17H2,1-3H3,(H,42,43)/t20-,27-,33-,35-,36+,38-,39-,40-,41+/m1/s1. The van der Waals surface area contributed by atoms with Gasteiger partial charge in [0.05, 0.1) is 17.2 Å². The number of ether oxygens (including phenoxy) is 2. The summed E-state index contributed by atoms with van der Waals surface area (Å²) in [5, 5.41) is 80.0. The second kappa shape index (κ2) is 11.6. The summed E-state index contributed by atoms with van der Waals surface area (Å²) in [6, 6.07) is 6.03. The van der Waals surface area contributed by atoms with E-state index in [0.29, 0.717) is 59.4 Å². The Hall–Kier alpha value is -4.41. The number of rotatable bonds is 2. The van der Waals surface area contributed by atoms with E-state index in [1.807, 2.05) is 18.9 Å². The fourth-order valence-electron chi connectivity index (χ4n) is 10.8. The van der Waals surface area contributed by atoms with Gasteiger partial charge in [0.15, 0.2) is 23.7 Å². The molecule has 9 atom stereocenters. The van der Waals surface area contributed by atoms with E-state index in [-0.39, 0.29) is 52.1 Å². The summed E-state index contributed by atoms with van der Waals surface area (Å²) < 4.78 is 13.6. The second-order valence-electron chi connectivity index (χ2n) is 16.9. The van der Waals surface area contributed by atoms with Crippen LogP contribution in [0.15, 0.2) is 53.9 Å². The van der Waals surface area contributed by atoms with Crippen molar-refractivity contribution >= 4 is 28.2 Å². The molecule has 3 aromatic rings. The van der Waals surface area contributed by atoms with Crippen LogP contribution in [-0.2, 0) is 4.74 Å². The van der Waals surface area contributed by atoms with Gasteiger partial charge in [-0.3, -0.25) is 9.59 Å². The number of phenolic OH excluding ortho intramolecular Hbond substituents is 1. The number of fused-ring (bicyclic) bond motifs is 6. The van der Waals surface area contributed by atoms with Gasteiger partial charge in [-0.05, 0) is 85.7 Å². The number of nitrogens with one attached hydrogen (secondary N) is 1. The number of hydrogen-bond donors (Lipinski definition) is 7. The van der Waals surface area contributed by atoms with Crippen LogP contribution in [-0.4, -0.2) is 119 Å². The van der Waals surface area contributed by atoms with Gasteiger partial charge in [-0.1, -0.05) is 19.9 Å². The average Bonchev–Trinajstić information content (AvgIpc) is 3.50. The Kier molecular flexibility index (Phi) is 7.37. The monoisotopic (exact) mass is 752 g/mol. The molecule has 14 heteroatoms. The zero-order valence-corrected chi connectivity index (χ0v) is 30.7. The molecule has 0 unspecified atom stereocenters. The van der Waals surface area contributed by atoms with Gasteiger partial charge in [0.1, 0.15) is 29.5 Å². The third-order valence-electron chi connectivity index (χ3n) is 13.2. The molecule has 1 aromatic heterocycles. The predicted molar refractivity (Wildman–Crippen MR) is 196 cm³/mol. The molecule has 11 rings (SSSR count). The summed E-state index contributed by atoms with van der Waals surface area (Å²) in [5.41, 5.74) is -1.85. The Labute approximate surface area is 316 Å². The van der Waals surface area contributed by atoms with Gasteiger partial charge in [0.2, 0.25) is 5.78 Å². The minimum absolute atomic E-state index is 0.0115. The van der Waals surface area contributed by atoms with Gasteiger partial charge < -0.3 is 50.4 Å². The number of carbonyl (C=O) groups is 2. The highest BCUT2D eigenvalue weighted by Gasteiger charge is 2.72. The first-order valence-corrected chi connectivity index (χ1v) is 19.1. The number of aromatic hydroxyl groups is 1. The lowest BCUT2D eigenvalue weighted by Crippen LogP contribution is -2.80. The first-order chi connectivity index (χ1) is 26.2. The number of aliphatic hydroxyl groups excluding tert-OH is 5. The molecule has 8 bridgehead atoms. The summed E-state index contributed by atoms with van der Waals surface area (Å²) in [6.07, 6.45) is -0.984. The van der Waals surface area contributed by atoms with E-state index in [9.17, 15) is 40.2 Å². The number of carbonyl (C=O) groups excluding carboxylic acids is 2. The van der Waals surface area contributed by atoms with Gasteiger partial charge in [0.25, 0.3) is 5.79 Å². The van der Waals surface area contributed by atoms with Crippen LogP contribution in [0.4, 0.5) is 5.82 Å². The number of anilines is 1. The van der Waals surface area contributed by atoms with E-state index in [2.05, 4.69) is 10.3 Å². The Morgan fingerprint density at radius 1 is 1.00 bits per heavy atom. The van der Waals surface area contributed by atoms with Crippen molar-refractivity contribution in [2.24, 2.45) is 17.3 Å². The smallest absolute Gasteiger partial charge is 0.260 e. The fraction of sp³-hybridized carbons (Fsp3) is 0.488. The topological polar surface area (TPSA) is 205 Å². The van der Waals surface area contributed by atoms with E-state index >= 15 is 0 Å². The molecule has 7 heterocycles. The fourth-order valence-corrected chi connectivity index (χ4v) is 10.8. The van der Waals surface area contributed by atoms with Crippen LogP contribution in [0.3, 0.4) is 0 Å². The van der Waals surface area contributed by atoms with Crippen molar-refractivity contribution in [2.75, 3.05) is 25.0 Å². The van der Waals surface area contributed by atoms with Crippen LogP contribution >= 0.6 is 0 Å². The highest BCUT2D eigenvalue weighted by molar-refractivity contribution is 6.34. The third-order valence-corrected chi connectivity index (χ3v) is 13.2. The van der Waals surface area contributed by atoms with Crippen LogP contribution in [0.25, 0.3) is 10.8 Å². The van der Waals surface area contributed by atoms with Gasteiger partial charge in [-0.2, -0.15) is 5.01 Å². The summed E-state index contributed by atoms with van der Waals surface area (Å²) in [4.78, 5) is 33.7. The summed E-state index contributed by atoms with van der Waals surface area (Å²) in [6.45, 7) is 6.58. The molecular weight excluding hydrogens is 708 g/mol. The number of hydrazine groups is 1. The molecule has 6 aliphatic heterocycles. The summed E-state index contributed by atoms with van der Waals surface area (Å²) in [7, 11) is 0. The van der Waals surface area contributed by atoms with Crippen molar-refractivity contribution in [3.8, 4) is 11.5 Å². The number of aliphatic hydroxyl groups is 5. The molecule has 7 N–H and O–H groups in total. The number of pyridine rings is 1. The highest BCUT2D eigenvalue weighted by Crippen LogP contribution is 2.61. The molecule has 0 amide bonds. The van der Waals surface area contributed by atoms with Crippen molar-refractivity contribution in [1.82, 2.24) is 15.0 Å². The number of phenols is 1. The Bertz CT molecular complexity index is 2290. The van der Waals surface area contributed by atoms with E-state index in [4.69, 9.17) is 9.47 Å². The van der Waals surface area contributed by atoms with E-state index in [1.165, 1.54) is 24.4 Å². The average molecular weight is 753 g/mol. The first-order valence-electron chi connectivity index (χ1n) is 19.1. The number of aromatic nitrogens is 1. The molecule has 3 fully saturated rings.